The molecule has 2 unspecified atom stereocenters. The molecule has 0 aromatic heterocycles. The van der Waals surface area contributed by atoms with Crippen LogP contribution in [0.5, 0.6) is 0 Å². The van der Waals surface area contributed by atoms with Crippen molar-refractivity contribution in [2.45, 2.75) is 160 Å². The van der Waals surface area contributed by atoms with Gasteiger partial charge in [-0.1, -0.05) is 34.6 Å². The number of carbonyl (C=O) groups excluding carboxylic acids is 1. The third kappa shape index (κ3) is 4.76. The van der Waals surface area contributed by atoms with Crippen molar-refractivity contribution in [3.8, 4) is 0 Å². The van der Waals surface area contributed by atoms with Crippen LogP contribution in [0.15, 0.2) is 0 Å². The highest BCUT2D eigenvalue weighted by molar-refractivity contribution is 8.13. The molecule has 2 spiro atoms. The first-order chi connectivity index (χ1) is 21.9. The van der Waals surface area contributed by atoms with Crippen LogP contribution in [0, 0.1) is 47.3 Å². The molecule has 2 aliphatic carbocycles. The van der Waals surface area contributed by atoms with Gasteiger partial charge >= 0.3 is 5.30 Å². The zero-order valence-corrected chi connectivity index (χ0v) is 29.4. The van der Waals surface area contributed by atoms with Gasteiger partial charge in [0, 0.05) is 36.9 Å². The average Bonchev–Trinajstić information content (AvgIpc) is 3.39. The monoisotopic (exact) mass is 666 g/mol. The maximum Gasteiger partial charge on any atom is 0.367 e. The summed E-state index contributed by atoms with van der Waals surface area (Å²) >= 11 is 1.19. The molecule has 0 amide bonds. The van der Waals surface area contributed by atoms with E-state index in [1.165, 1.54) is 11.8 Å². The Bertz CT molecular complexity index is 1190. The van der Waals surface area contributed by atoms with Gasteiger partial charge in [0.1, 0.15) is 12.2 Å². The van der Waals surface area contributed by atoms with Crippen LogP contribution in [0.3, 0.4) is 0 Å². The second kappa shape index (κ2) is 11.5. The van der Waals surface area contributed by atoms with Crippen molar-refractivity contribution in [3.63, 3.8) is 0 Å². The maximum absolute atomic E-state index is 13.2. The topological polar surface area (TPSA) is 100 Å². The lowest BCUT2D eigenvalue weighted by Gasteiger charge is -2.62. The Balaban J connectivity index is 1.11. The molecule has 0 aromatic rings. The average molecular weight is 667 g/mol. The van der Waals surface area contributed by atoms with Crippen molar-refractivity contribution in [1.82, 2.24) is 0 Å². The lowest BCUT2D eigenvalue weighted by atomic mass is 9.56. The summed E-state index contributed by atoms with van der Waals surface area (Å²) in [5, 5.41) is -0.283. The molecule has 46 heavy (non-hydrogen) atoms. The highest BCUT2D eigenvalue weighted by Crippen LogP contribution is 2.63. The number of hydrogen-bond acceptors (Lipinski definition) is 11. The summed E-state index contributed by atoms with van der Waals surface area (Å²) in [6, 6.07) is 0. The smallest absolute Gasteiger partial charge is 0.367 e. The number of ether oxygens (including phenoxy) is 5. The highest BCUT2D eigenvalue weighted by Gasteiger charge is 2.72. The normalized spacial score (nSPS) is 56.2. The van der Waals surface area contributed by atoms with Crippen LogP contribution >= 0.6 is 11.8 Å². The molecule has 8 heterocycles. The van der Waals surface area contributed by atoms with E-state index in [1.807, 2.05) is 20.8 Å². The predicted molar refractivity (Wildman–Crippen MR) is 167 cm³/mol. The second-order valence-electron chi connectivity index (χ2n) is 16.4. The number of hydrogen-bond donors (Lipinski definition) is 0. The van der Waals surface area contributed by atoms with Crippen molar-refractivity contribution in [2.75, 3.05) is 5.75 Å². The summed E-state index contributed by atoms with van der Waals surface area (Å²) in [5.41, 5.74) is -1.31. The molecule has 4 bridgehead atoms. The van der Waals surface area contributed by atoms with Crippen molar-refractivity contribution in [2.24, 2.45) is 47.3 Å². The van der Waals surface area contributed by atoms with Crippen molar-refractivity contribution >= 4 is 17.1 Å². The SMILES string of the molecule is CCSC(=O)O[C@@H](C[C@H]1O[C@@H]2OC3(C)CC[C@H]4[C@H](C)CC[C@@H]([C@H]1C)[C@@]24OO3)[C@H]1O[C@@H]2OC3(C)CC[C@H]4[C@H](C)CC[C@@H]([C@H]1C)[C@@]24OO3. The molecule has 17 atom stereocenters. The molecule has 11 heteroatoms. The predicted octanol–water partition coefficient (Wildman–Crippen LogP) is 7.14. The standard InChI is InChI=1S/C35H54O10S/c1-8-46-31(36)38-27(28-21(5)25-12-10-19(3)23-14-16-33(7)41-30(39-28)35(23,25)45-43-33)17-26-20(4)24-11-9-18(2)22-13-15-32(6)40-29(37-26)34(22,24)44-42-32/h18-30H,8-17H2,1-7H3/t18-,19-,20-,21-,22+,23+,24+,25+,26-,27+,28+,29-,30-,32?,33?,34-,35-/m1/s1. The molecule has 260 valence electrons. The minimum absolute atomic E-state index is 0.0382. The van der Waals surface area contributed by atoms with Crippen LogP contribution in [0.1, 0.15) is 106 Å². The van der Waals surface area contributed by atoms with E-state index in [4.69, 9.17) is 43.2 Å². The lowest BCUT2D eigenvalue weighted by Crippen LogP contribution is -2.72. The second-order valence-corrected chi connectivity index (χ2v) is 17.6. The number of thioether (sulfide) groups is 1. The van der Waals surface area contributed by atoms with Gasteiger partial charge in [-0.2, -0.15) is 0 Å². The van der Waals surface area contributed by atoms with E-state index in [9.17, 15) is 4.79 Å². The minimum atomic E-state index is -0.870. The van der Waals surface area contributed by atoms with Gasteiger partial charge in [-0.15, -0.1) is 0 Å². The molecule has 0 N–H and O–H groups in total. The largest absolute Gasteiger partial charge is 0.451 e. The Kier molecular flexibility index (Phi) is 8.19. The van der Waals surface area contributed by atoms with Gasteiger partial charge < -0.3 is 23.7 Å². The summed E-state index contributed by atoms with van der Waals surface area (Å²) in [5.74, 6) is 0.963. The molecule has 2 saturated carbocycles. The first kappa shape index (κ1) is 32.7. The summed E-state index contributed by atoms with van der Waals surface area (Å²) in [4.78, 5) is 38.1. The van der Waals surface area contributed by atoms with E-state index in [0.717, 1.165) is 51.4 Å². The molecular weight excluding hydrogens is 612 g/mol. The fraction of sp³-hybridized carbons (Fsp3) is 0.971. The Morgan fingerprint density at radius 3 is 1.85 bits per heavy atom. The van der Waals surface area contributed by atoms with Crippen LogP contribution in [-0.2, 0) is 43.2 Å². The van der Waals surface area contributed by atoms with E-state index < -0.39 is 47.6 Å². The summed E-state index contributed by atoms with van der Waals surface area (Å²) < 4.78 is 33.7. The van der Waals surface area contributed by atoms with Gasteiger partial charge in [0.15, 0.2) is 23.8 Å². The van der Waals surface area contributed by atoms with E-state index in [-0.39, 0.29) is 41.0 Å². The highest BCUT2D eigenvalue weighted by atomic mass is 32.2. The number of fused-ring (bicyclic) bond motifs is 4. The first-order valence-electron chi connectivity index (χ1n) is 18.2. The molecule has 10 rings (SSSR count). The van der Waals surface area contributed by atoms with E-state index in [2.05, 4.69) is 27.7 Å². The van der Waals surface area contributed by atoms with Crippen LogP contribution in [-0.4, -0.2) is 64.7 Å². The molecule has 10 fully saturated rings. The Morgan fingerprint density at radius 1 is 0.739 bits per heavy atom. The maximum atomic E-state index is 13.2. The third-order valence-electron chi connectivity index (χ3n) is 13.8. The fourth-order valence-electron chi connectivity index (χ4n) is 11.4. The van der Waals surface area contributed by atoms with Gasteiger partial charge in [-0.25, -0.2) is 24.3 Å². The van der Waals surface area contributed by atoms with Crippen LogP contribution < -0.4 is 0 Å². The first-order valence-corrected chi connectivity index (χ1v) is 19.1. The van der Waals surface area contributed by atoms with Gasteiger partial charge in [0.25, 0.3) is 0 Å². The van der Waals surface area contributed by atoms with Crippen molar-refractivity contribution in [3.05, 3.63) is 0 Å². The van der Waals surface area contributed by atoms with Gasteiger partial charge in [0.05, 0.1) is 6.10 Å². The van der Waals surface area contributed by atoms with Crippen molar-refractivity contribution < 1.29 is 48.0 Å². The van der Waals surface area contributed by atoms with Crippen molar-refractivity contribution in [1.29, 1.82) is 0 Å². The molecule has 10 aliphatic rings. The van der Waals surface area contributed by atoms with Gasteiger partial charge in [-0.3, -0.25) is 0 Å². The summed E-state index contributed by atoms with van der Waals surface area (Å²) in [6.45, 7) is 15.0. The summed E-state index contributed by atoms with van der Waals surface area (Å²) in [6.07, 6.45) is 5.93. The van der Waals surface area contributed by atoms with Crippen LogP contribution in [0.4, 0.5) is 4.79 Å². The number of carbonyl (C=O) groups is 1. The molecular formula is C35H54O10S. The van der Waals surface area contributed by atoms with E-state index >= 15 is 0 Å². The van der Waals surface area contributed by atoms with E-state index in [1.54, 1.807) is 0 Å². The Labute approximate surface area is 277 Å². The zero-order valence-electron chi connectivity index (χ0n) is 28.6. The van der Waals surface area contributed by atoms with E-state index in [0.29, 0.717) is 29.9 Å². The molecule has 8 saturated heterocycles. The summed E-state index contributed by atoms with van der Waals surface area (Å²) in [7, 11) is 0. The molecule has 0 aromatic carbocycles. The van der Waals surface area contributed by atoms with Gasteiger partial charge in [0.2, 0.25) is 11.6 Å². The van der Waals surface area contributed by atoms with Crippen LogP contribution in [0.25, 0.3) is 0 Å². The zero-order chi connectivity index (χ0) is 32.2. The lowest BCUT2D eigenvalue weighted by molar-refractivity contribution is -0.573. The van der Waals surface area contributed by atoms with Gasteiger partial charge in [-0.05, 0) is 99.6 Å². The quantitative estimate of drug-likeness (QED) is 0.221. The van der Waals surface area contributed by atoms with Crippen LogP contribution in [0.2, 0.25) is 0 Å². The molecule has 10 nitrogen and oxygen atoms in total. The molecule has 8 aliphatic heterocycles. The Hall–Kier alpha value is -0.500. The Morgan fingerprint density at radius 2 is 1.28 bits per heavy atom. The number of rotatable bonds is 5. The molecule has 0 radical (unpaired) electrons. The minimum Gasteiger partial charge on any atom is -0.451 e. The third-order valence-corrected chi connectivity index (χ3v) is 14.5. The fourth-order valence-corrected chi connectivity index (χ4v) is 11.8.